The standard InChI is InChI=1S/C17H27N3O5S/c1-4-25-17(22)15-12(2)19-13(3)16(15)26(23,24)18-11-14(21)20-9-7-5-6-8-10-20/h18-19H,4-11H2,1-3H3. The van der Waals surface area contributed by atoms with Gasteiger partial charge in [-0.1, -0.05) is 12.8 Å². The lowest BCUT2D eigenvalue weighted by molar-refractivity contribution is -0.129. The quantitative estimate of drug-likeness (QED) is 0.721. The SMILES string of the molecule is CCOC(=O)c1c(C)[nH]c(C)c1S(=O)(=O)NCC(=O)N1CCCCCC1. The summed E-state index contributed by atoms with van der Waals surface area (Å²) in [5.41, 5.74) is 0.736. The van der Waals surface area contributed by atoms with Gasteiger partial charge in [0.25, 0.3) is 0 Å². The first kappa shape index (κ1) is 20.4. The molecule has 1 aromatic heterocycles. The molecule has 0 aliphatic carbocycles. The van der Waals surface area contributed by atoms with Gasteiger partial charge in [-0.05, 0) is 33.6 Å². The van der Waals surface area contributed by atoms with E-state index in [1.165, 1.54) is 0 Å². The lowest BCUT2D eigenvalue weighted by Crippen LogP contribution is -2.40. The molecule has 146 valence electrons. The number of hydrogen-bond donors (Lipinski definition) is 2. The molecule has 0 spiro atoms. The molecule has 2 N–H and O–H groups in total. The Bertz CT molecular complexity index is 762. The number of nitrogens with one attached hydrogen (secondary N) is 2. The number of nitrogens with zero attached hydrogens (tertiary/aromatic N) is 1. The molecule has 1 fully saturated rings. The lowest BCUT2D eigenvalue weighted by atomic mass is 10.2. The van der Waals surface area contributed by atoms with Crippen LogP contribution < -0.4 is 4.72 Å². The Morgan fingerprint density at radius 3 is 2.31 bits per heavy atom. The fraction of sp³-hybridized carbons (Fsp3) is 0.647. The summed E-state index contributed by atoms with van der Waals surface area (Å²) in [6, 6.07) is 0. The minimum absolute atomic E-state index is 0.0147. The molecule has 1 saturated heterocycles. The number of hydrogen-bond acceptors (Lipinski definition) is 5. The van der Waals surface area contributed by atoms with E-state index >= 15 is 0 Å². The minimum atomic E-state index is -4.04. The summed E-state index contributed by atoms with van der Waals surface area (Å²) in [5.74, 6) is -0.952. The van der Waals surface area contributed by atoms with Gasteiger partial charge in [0.1, 0.15) is 10.5 Å². The van der Waals surface area contributed by atoms with E-state index in [9.17, 15) is 18.0 Å². The van der Waals surface area contributed by atoms with Gasteiger partial charge in [0.15, 0.2) is 0 Å². The molecule has 0 aromatic carbocycles. The Morgan fingerprint density at radius 2 is 1.73 bits per heavy atom. The van der Waals surface area contributed by atoms with Crippen molar-refractivity contribution < 1.29 is 22.7 Å². The van der Waals surface area contributed by atoms with E-state index in [1.54, 1.807) is 25.7 Å². The Balaban J connectivity index is 2.17. The first-order valence-corrected chi connectivity index (χ1v) is 10.4. The number of H-pyrrole nitrogens is 1. The van der Waals surface area contributed by atoms with Crippen molar-refractivity contribution in [1.29, 1.82) is 0 Å². The summed E-state index contributed by atoms with van der Waals surface area (Å²) in [6.07, 6.45) is 4.03. The van der Waals surface area contributed by atoms with Gasteiger partial charge in [0.2, 0.25) is 15.9 Å². The van der Waals surface area contributed by atoms with Crippen LogP contribution in [-0.4, -0.2) is 56.4 Å². The summed E-state index contributed by atoms with van der Waals surface area (Å²) in [4.78, 5) is 28.9. The third kappa shape index (κ3) is 4.64. The number of aromatic amines is 1. The highest BCUT2D eigenvalue weighted by molar-refractivity contribution is 7.89. The van der Waals surface area contributed by atoms with Crippen molar-refractivity contribution in [2.75, 3.05) is 26.2 Å². The van der Waals surface area contributed by atoms with Crippen molar-refractivity contribution in [2.45, 2.75) is 51.3 Å². The largest absolute Gasteiger partial charge is 0.462 e. The van der Waals surface area contributed by atoms with Crippen LogP contribution in [0, 0.1) is 13.8 Å². The number of aromatic nitrogens is 1. The van der Waals surface area contributed by atoms with Gasteiger partial charge >= 0.3 is 5.97 Å². The number of likely N-dealkylation sites (tertiary alicyclic amines) is 1. The average Bonchev–Trinajstić information content (AvgIpc) is 2.77. The first-order valence-electron chi connectivity index (χ1n) is 8.91. The van der Waals surface area contributed by atoms with Crippen molar-refractivity contribution in [1.82, 2.24) is 14.6 Å². The third-order valence-corrected chi connectivity index (χ3v) is 6.01. The van der Waals surface area contributed by atoms with Gasteiger partial charge in [-0.25, -0.2) is 17.9 Å². The number of sulfonamides is 1. The van der Waals surface area contributed by atoms with Gasteiger partial charge in [0, 0.05) is 24.5 Å². The molecule has 0 bridgehead atoms. The summed E-state index contributed by atoms with van der Waals surface area (Å²) >= 11 is 0. The molecule has 1 aromatic rings. The molecule has 0 saturated carbocycles. The van der Waals surface area contributed by atoms with Gasteiger partial charge in [-0.15, -0.1) is 0 Å². The van der Waals surface area contributed by atoms with Crippen LogP contribution in [0.15, 0.2) is 4.90 Å². The molecule has 2 rings (SSSR count). The van der Waals surface area contributed by atoms with Gasteiger partial charge in [-0.3, -0.25) is 4.79 Å². The van der Waals surface area contributed by atoms with Crippen LogP contribution in [0.1, 0.15) is 54.4 Å². The highest BCUT2D eigenvalue weighted by atomic mass is 32.2. The predicted molar refractivity (Wildman–Crippen MR) is 96.5 cm³/mol. The molecular weight excluding hydrogens is 358 g/mol. The van der Waals surface area contributed by atoms with Gasteiger partial charge in [-0.2, -0.15) is 0 Å². The zero-order valence-corrected chi connectivity index (χ0v) is 16.4. The van der Waals surface area contributed by atoms with E-state index in [2.05, 4.69) is 9.71 Å². The smallest absolute Gasteiger partial charge is 0.341 e. The number of rotatable bonds is 6. The molecule has 2 heterocycles. The van der Waals surface area contributed by atoms with E-state index in [0.717, 1.165) is 25.7 Å². The van der Waals surface area contributed by atoms with E-state index < -0.39 is 16.0 Å². The summed E-state index contributed by atoms with van der Waals surface area (Å²) in [5, 5.41) is 0. The second-order valence-corrected chi connectivity index (χ2v) is 8.12. The van der Waals surface area contributed by atoms with Crippen molar-refractivity contribution in [2.24, 2.45) is 0 Å². The maximum absolute atomic E-state index is 12.7. The molecule has 1 amide bonds. The number of aryl methyl sites for hydroxylation is 2. The number of amides is 1. The van der Waals surface area contributed by atoms with E-state index in [4.69, 9.17) is 4.74 Å². The van der Waals surface area contributed by atoms with Crippen LogP contribution in [0.3, 0.4) is 0 Å². The number of ether oxygens (including phenoxy) is 1. The van der Waals surface area contributed by atoms with E-state index in [0.29, 0.717) is 24.5 Å². The van der Waals surface area contributed by atoms with Crippen molar-refractivity contribution in [3.05, 3.63) is 17.0 Å². The Morgan fingerprint density at radius 1 is 1.12 bits per heavy atom. The maximum atomic E-state index is 12.7. The molecule has 8 nitrogen and oxygen atoms in total. The lowest BCUT2D eigenvalue weighted by Gasteiger charge is -2.20. The zero-order valence-electron chi connectivity index (χ0n) is 15.6. The second kappa shape index (κ2) is 8.68. The highest BCUT2D eigenvalue weighted by Gasteiger charge is 2.30. The molecule has 0 unspecified atom stereocenters. The Hall–Kier alpha value is -1.87. The summed E-state index contributed by atoms with van der Waals surface area (Å²) in [7, 11) is -4.04. The fourth-order valence-corrected chi connectivity index (χ4v) is 4.62. The number of esters is 1. The Kier molecular flexibility index (Phi) is 6.82. The summed E-state index contributed by atoms with van der Waals surface area (Å²) in [6.45, 7) is 5.95. The Labute approximate surface area is 154 Å². The van der Waals surface area contributed by atoms with E-state index in [-0.39, 0.29) is 29.5 Å². The van der Waals surface area contributed by atoms with Gasteiger partial charge in [0.05, 0.1) is 13.2 Å². The average molecular weight is 385 g/mol. The zero-order chi connectivity index (χ0) is 19.3. The summed E-state index contributed by atoms with van der Waals surface area (Å²) < 4.78 is 32.8. The first-order chi connectivity index (χ1) is 12.3. The molecule has 1 aliphatic heterocycles. The third-order valence-electron chi connectivity index (χ3n) is 4.44. The molecule has 26 heavy (non-hydrogen) atoms. The van der Waals surface area contributed by atoms with Crippen LogP contribution in [0.4, 0.5) is 0 Å². The fourth-order valence-electron chi connectivity index (χ4n) is 3.20. The number of carbonyl (C=O) groups excluding carboxylic acids is 2. The molecule has 0 radical (unpaired) electrons. The van der Waals surface area contributed by atoms with Crippen molar-refractivity contribution in [3.63, 3.8) is 0 Å². The topological polar surface area (TPSA) is 109 Å². The van der Waals surface area contributed by atoms with Crippen LogP contribution in [0.5, 0.6) is 0 Å². The predicted octanol–water partition coefficient (Wildman–Crippen LogP) is 1.49. The van der Waals surface area contributed by atoms with Crippen LogP contribution in [0.2, 0.25) is 0 Å². The maximum Gasteiger partial charge on any atom is 0.341 e. The normalized spacial score (nSPS) is 15.6. The molecule has 1 aliphatic rings. The van der Waals surface area contributed by atoms with E-state index in [1.807, 2.05) is 0 Å². The minimum Gasteiger partial charge on any atom is -0.462 e. The van der Waals surface area contributed by atoms with Crippen molar-refractivity contribution in [3.8, 4) is 0 Å². The molecule has 9 heteroatoms. The monoisotopic (exact) mass is 385 g/mol. The highest BCUT2D eigenvalue weighted by Crippen LogP contribution is 2.24. The van der Waals surface area contributed by atoms with Crippen LogP contribution >= 0.6 is 0 Å². The molecular formula is C17H27N3O5S. The van der Waals surface area contributed by atoms with Crippen molar-refractivity contribution >= 4 is 21.9 Å². The van der Waals surface area contributed by atoms with Crippen LogP contribution in [0.25, 0.3) is 0 Å². The van der Waals surface area contributed by atoms with Gasteiger partial charge < -0.3 is 14.6 Å². The molecule has 0 atom stereocenters. The second-order valence-electron chi connectivity index (χ2n) is 6.42. The number of carbonyl (C=O) groups is 2. The van der Waals surface area contributed by atoms with Crippen LogP contribution in [-0.2, 0) is 19.6 Å².